The Morgan fingerprint density at radius 1 is 1.22 bits per heavy atom. The molecule has 7 nitrogen and oxygen atoms in total. The smallest absolute Gasteiger partial charge is 0.273 e. The Bertz CT molecular complexity index is 988. The molecule has 3 aromatic rings. The summed E-state index contributed by atoms with van der Waals surface area (Å²) in [6.45, 7) is 8.64. The van der Waals surface area contributed by atoms with Gasteiger partial charge in [-0.15, -0.1) is 0 Å². The molecule has 0 aromatic carbocycles. The lowest BCUT2D eigenvalue weighted by Crippen LogP contribution is -2.39. The number of carbonyl (C=O) groups excluding carboxylic acids is 1. The third-order valence-corrected chi connectivity index (χ3v) is 5.17. The first-order valence-electron chi connectivity index (χ1n) is 9.55. The first-order chi connectivity index (χ1) is 13.0. The first kappa shape index (κ1) is 17.7. The summed E-state index contributed by atoms with van der Waals surface area (Å²) in [6, 6.07) is 3.77. The van der Waals surface area contributed by atoms with Crippen LogP contribution in [0.5, 0.6) is 0 Å². The van der Waals surface area contributed by atoms with E-state index in [1.54, 1.807) is 0 Å². The quantitative estimate of drug-likeness (QED) is 0.703. The second-order valence-corrected chi connectivity index (χ2v) is 7.64. The van der Waals surface area contributed by atoms with Crippen molar-refractivity contribution in [3.8, 4) is 0 Å². The van der Waals surface area contributed by atoms with Gasteiger partial charge in [0.2, 0.25) is 5.89 Å². The summed E-state index contributed by atoms with van der Waals surface area (Å²) in [5.41, 5.74) is 3.23. The van der Waals surface area contributed by atoms with Crippen molar-refractivity contribution in [2.24, 2.45) is 0 Å². The molecule has 142 valence electrons. The van der Waals surface area contributed by atoms with Crippen LogP contribution in [-0.4, -0.2) is 36.9 Å². The minimum absolute atomic E-state index is 0.0282. The minimum Gasteiger partial charge on any atom is -0.337 e. The van der Waals surface area contributed by atoms with Crippen LogP contribution in [0.25, 0.3) is 5.65 Å². The molecule has 3 aromatic heterocycles. The lowest BCUT2D eigenvalue weighted by Gasteiger charge is -2.33. The molecule has 1 amide bonds. The van der Waals surface area contributed by atoms with Gasteiger partial charge in [-0.2, -0.15) is 4.98 Å². The second kappa shape index (κ2) is 6.79. The van der Waals surface area contributed by atoms with Crippen molar-refractivity contribution in [3.05, 3.63) is 47.0 Å². The van der Waals surface area contributed by atoms with Gasteiger partial charge in [-0.05, 0) is 44.7 Å². The Morgan fingerprint density at radius 2 is 2.04 bits per heavy atom. The molecule has 1 atom stereocenters. The van der Waals surface area contributed by atoms with Crippen LogP contribution in [0.15, 0.2) is 22.9 Å². The summed E-state index contributed by atoms with van der Waals surface area (Å²) in [4.78, 5) is 24.5. The van der Waals surface area contributed by atoms with Crippen LogP contribution in [0, 0.1) is 13.8 Å². The number of carbonyl (C=O) groups is 1. The van der Waals surface area contributed by atoms with Gasteiger partial charge >= 0.3 is 0 Å². The number of amides is 1. The van der Waals surface area contributed by atoms with Crippen molar-refractivity contribution in [2.45, 2.75) is 58.9 Å². The zero-order valence-electron chi connectivity index (χ0n) is 16.3. The molecule has 27 heavy (non-hydrogen) atoms. The standard InChI is InChI=1S/C20H25N5O2/c1-12(2)18-22-19(27-23-18)15-7-5-6-10-24(15)20(26)17-14(4)21-16-9-8-13(3)11-25(16)17/h8-9,11-12,15H,5-7,10H2,1-4H3/t15-/m1/s1. The molecule has 0 aliphatic carbocycles. The van der Waals surface area contributed by atoms with Crippen LogP contribution in [-0.2, 0) is 0 Å². The summed E-state index contributed by atoms with van der Waals surface area (Å²) in [5.74, 6) is 1.39. The summed E-state index contributed by atoms with van der Waals surface area (Å²) in [6.07, 6.45) is 4.81. The topological polar surface area (TPSA) is 76.5 Å². The van der Waals surface area contributed by atoms with Gasteiger partial charge in [-0.3, -0.25) is 9.20 Å². The average Bonchev–Trinajstić information content (AvgIpc) is 3.25. The van der Waals surface area contributed by atoms with Crippen molar-refractivity contribution in [1.29, 1.82) is 0 Å². The highest BCUT2D eigenvalue weighted by atomic mass is 16.5. The van der Waals surface area contributed by atoms with E-state index in [9.17, 15) is 4.79 Å². The lowest BCUT2D eigenvalue weighted by atomic mass is 10.0. The average molecular weight is 367 g/mol. The highest BCUT2D eigenvalue weighted by Gasteiger charge is 2.34. The fourth-order valence-corrected chi connectivity index (χ4v) is 3.71. The van der Waals surface area contributed by atoms with Gasteiger partial charge in [0.05, 0.1) is 5.69 Å². The summed E-state index contributed by atoms with van der Waals surface area (Å²) in [5, 5.41) is 4.08. The molecule has 0 saturated carbocycles. The predicted octanol–water partition coefficient (Wildman–Crippen LogP) is 3.82. The molecule has 0 bridgehead atoms. The largest absolute Gasteiger partial charge is 0.337 e. The Labute approximate surface area is 158 Å². The van der Waals surface area contributed by atoms with E-state index in [4.69, 9.17) is 4.52 Å². The lowest BCUT2D eigenvalue weighted by molar-refractivity contribution is 0.0553. The molecule has 1 aliphatic heterocycles. The van der Waals surface area contributed by atoms with Crippen LogP contribution < -0.4 is 0 Å². The highest BCUT2D eigenvalue weighted by Crippen LogP contribution is 2.32. The van der Waals surface area contributed by atoms with E-state index in [1.165, 1.54) is 0 Å². The number of hydrogen-bond donors (Lipinski definition) is 0. The number of likely N-dealkylation sites (tertiary alicyclic amines) is 1. The van der Waals surface area contributed by atoms with Crippen molar-refractivity contribution in [1.82, 2.24) is 24.4 Å². The van der Waals surface area contributed by atoms with Gasteiger partial charge in [-0.25, -0.2) is 4.98 Å². The number of imidazole rings is 1. The summed E-state index contributed by atoms with van der Waals surface area (Å²) >= 11 is 0. The van der Waals surface area contributed by atoms with Gasteiger partial charge in [0, 0.05) is 18.7 Å². The third-order valence-electron chi connectivity index (χ3n) is 5.17. The van der Waals surface area contributed by atoms with E-state index in [-0.39, 0.29) is 17.9 Å². The number of pyridine rings is 1. The van der Waals surface area contributed by atoms with E-state index in [1.807, 2.05) is 55.3 Å². The van der Waals surface area contributed by atoms with Crippen LogP contribution in [0.2, 0.25) is 0 Å². The maximum atomic E-state index is 13.5. The fourth-order valence-electron chi connectivity index (χ4n) is 3.71. The molecule has 0 radical (unpaired) electrons. The number of aryl methyl sites for hydroxylation is 2. The zero-order valence-corrected chi connectivity index (χ0v) is 16.3. The molecule has 1 fully saturated rings. The second-order valence-electron chi connectivity index (χ2n) is 7.64. The maximum absolute atomic E-state index is 13.5. The predicted molar refractivity (Wildman–Crippen MR) is 101 cm³/mol. The van der Waals surface area contributed by atoms with Gasteiger partial charge < -0.3 is 9.42 Å². The number of nitrogens with zero attached hydrogens (tertiary/aromatic N) is 5. The van der Waals surface area contributed by atoms with Crippen LogP contribution in [0.1, 0.15) is 78.5 Å². The Morgan fingerprint density at radius 3 is 2.78 bits per heavy atom. The molecule has 4 heterocycles. The van der Waals surface area contributed by atoms with E-state index in [0.29, 0.717) is 24.0 Å². The number of aromatic nitrogens is 4. The van der Waals surface area contributed by atoms with Crippen LogP contribution >= 0.6 is 0 Å². The molecule has 4 rings (SSSR count). The molecule has 7 heteroatoms. The summed E-state index contributed by atoms with van der Waals surface area (Å²) in [7, 11) is 0. The monoisotopic (exact) mass is 367 g/mol. The molecule has 1 saturated heterocycles. The third kappa shape index (κ3) is 3.11. The number of hydrogen-bond acceptors (Lipinski definition) is 5. The van der Waals surface area contributed by atoms with Gasteiger partial charge in [0.15, 0.2) is 5.82 Å². The molecular weight excluding hydrogens is 342 g/mol. The highest BCUT2D eigenvalue weighted by molar-refractivity contribution is 5.95. The molecule has 0 unspecified atom stereocenters. The number of piperidine rings is 1. The van der Waals surface area contributed by atoms with E-state index < -0.39 is 0 Å². The molecule has 1 aliphatic rings. The van der Waals surface area contributed by atoms with Gasteiger partial charge in [-0.1, -0.05) is 25.1 Å². The minimum atomic E-state index is -0.180. The van der Waals surface area contributed by atoms with Gasteiger partial charge in [0.25, 0.3) is 5.91 Å². The molecular formula is C20H25N5O2. The van der Waals surface area contributed by atoms with Crippen LogP contribution in [0.4, 0.5) is 0 Å². The summed E-state index contributed by atoms with van der Waals surface area (Å²) < 4.78 is 7.42. The van der Waals surface area contributed by atoms with Crippen LogP contribution in [0.3, 0.4) is 0 Å². The number of fused-ring (bicyclic) bond motifs is 1. The van der Waals surface area contributed by atoms with Gasteiger partial charge in [0.1, 0.15) is 17.4 Å². The van der Waals surface area contributed by atoms with Crippen molar-refractivity contribution >= 4 is 11.6 Å². The normalized spacial score (nSPS) is 17.8. The first-order valence-corrected chi connectivity index (χ1v) is 9.55. The van der Waals surface area contributed by atoms with Crippen molar-refractivity contribution < 1.29 is 9.32 Å². The maximum Gasteiger partial charge on any atom is 0.273 e. The van der Waals surface area contributed by atoms with Crippen molar-refractivity contribution in [3.63, 3.8) is 0 Å². The number of rotatable bonds is 3. The van der Waals surface area contributed by atoms with E-state index >= 15 is 0 Å². The zero-order chi connectivity index (χ0) is 19.1. The fraction of sp³-hybridized carbons (Fsp3) is 0.500. The van der Waals surface area contributed by atoms with Crippen molar-refractivity contribution in [2.75, 3.05) is 6.54 Å². The molecule has 0 spiro atoms. The molecule has 0 N–H and O–H groups in total. The Hall–Kier alpha value is -2.70. The van der Waals surface area contributed by atoms with E-state index in [0.717, 1.165) is 36.2 Å². The Balaban J connectivity index is 1.73. The SMILES string of the molecule is Cc1ccc2nc(C)c(C(=O)N3CCCC[C@@H]3c3nc(C(C)C)no3)n2c1. The van der Waals surface area contributed by atoms with E-state index in [2.05, 4.69) is 15.1 Å². The Kier molecular flexibility index (Phi) is 4.45.